The molecule has 2 rings (SSSR count). The van der Waals surface area contributed by atoms with Gasteiger partial charge in [-0.3, -0.25) is 0 Å². The van der Waals surface area contributed by atoms with Crippen molar-refractivity contribution in [3.8, 4) is 0 Å². The van der Waals surface area contributed by atoms with E-state index in [-0.39, 0.29) is 11.2 Å². The Morgan fingerprint density at radius 1 is 1.47 bits per heavy atom. The van der Waals surface area contributed by atoms with E-state index in [1.807, 2.05) is 12.1 Å². The number of hydrogen-bond donors (Lipinski definition) is 0. The highest BCUT2D eigenvalue weighted by atomic mass is 79.9. The predicted octanol–water partition coefficient (Wildman–Crippen LogP) is 4.57. The van der Waals surface area contributed by atoms with Gasteiger partial charge in [0, 0.05) is 5.88 Å². The zero-order valence-corrected chi connectivity index (χ0v) is 11.1. The molecule has 0 amide bonds. The van der Waals surface area contributed by atoms with E-state index >= 15 is 0 Å². The van der Waals surface area contributed by atoms with Crippen LogP contribution < -0.4 is 0 Å². The Balaban J connectivity index is 2.29. The van der Waals surface area contributed by atoms with Crippen LogP contribution in [0.15, 0.2) is 22.7 Å². The quantitative estimate of drug-likeness (QED) is 0.700. The van der Waals surface area contributed by atoms with Gasteiger partial charge < -0.3 is 0 Å². The van der Waals surface area contributed by atoms with Crippen molar-refractivity contribution in [3.05, 3.63) is 34.1 Å². The Morgan fingerprint density at radius 2 is 2.13 bits per heavy atom. The molecule has 1 aromatic carbocycles. The Bertz CT molecular complexity index is 389. The van der Waals surface area contributed by atoms with Gasteiger partial charge in [-0.2, -0.15) is 0 Å². The zero-order chi connectivity index (χ0) is 11.2. The molecular weight excluding hydrogens is 278 g/mol. The highest BCUT2D eigenvalue weighted by Gasteiger charge is 2.57. The summed E-state index contributed by atoms with van der Waals surface area (Å²) < 4.78 is 13.6. The van der Waals surface area contributed by atoms with Gasteiger partial charge in [0.2, 0.25) is 0 Å². The summed E-state index contributed by atoms with van der Waals surface area (Å²) in [6.45, 7) is 4.42. The van der Waals surface area contributed by atoms with Crippen molar-refractivity contribution in [2.75, 3.05) is 5.88 Å². The third kappa shape index (κ3) is 1.83. The summed E-state index contributed by atoms with van der Waals surface area (Å²) in [5, 5.41) is 0. The summed E-state index contributed by atoms with van der Waals surface area (Å²) >= 11 is 9.13. The molecule has 82 valence electrons. The van der Waals surface area contributed by atoms with E-state index in [0.717, 1.165) is 0 Å². The summed E-state index contributed by atoms with van der Waals surface area (Å²) in [7, 11) is 0. The van der Waals surface area contributed by atoms with Gasteiger partial charge in [-0.25, -0.2) is 4.39 Å². The van der Waals surface area contributed by atoms with Gasteiger partial charge in [0.25, 0.3) is 0 Å². The van der Waals surface area contributed by atoms with Crippen LogP contribution in [0.2, 0.25) is 0 Å². The standard InChI is InChI=1S/C12H13BrClF/c1-12(2)8(6-14)11(12)7-3-4-10(15)9(13)5-7/h3-5,8,11H,6H2,1-2H3. The van der Waals surface area contributed by atoms with Crippen LogP contribution in [0.25, 0.3) is 0 Å². The van der Waals surface area contributed by atoms with Crippen LogP contribution in [-0.4, -0.2) is 5.88 Å². The molecule has 1 saturated carbocycles. The largest absolute Gasteiger partial charge is 0.206 e. The molecule has 15 heavy (non-hydrogen) atoms. The normalized spacial score (nSPS) is 27.8. The van der Waals surface area contributed by atoms with Crippen LogP contribution in [0, 0.1) is 17.2 Å². The minimum atomic E-state index is -0.209. The molecule has 0 nitrogen and oxygen atoms in total. The van der Waals surface area contributed by atoms with Crippen LogP contribution in [0.1, 0.15) is 25.3 Å². The lowest BCUT2D eigenvalue weighted by Gasteiger charge is -2.04. The maximum atomic E-state index is 13.1. The summed E-state index contributed by atoms with van der Waals surface area (Å²) in [5.74, 6) is 1.44. The first-order valence-electron chi connectivity index (χ1n) is 4.99. The lowest BCUT2D eigenvalue weighted by molar-refractivity contribution is 0.576. The first-order chi connectivity index (χ1) is 6.98. The molecule has 0 heterocycles. The van der Waals surface area contributed by atoms with E-state index in [2.05, 4.69) is 29.8 Å². The average molecular weight is 292 g/mol. The fourth-order valence-corrected chi connectivity index (χ4v) is 3.37. The lowest BCUT2D eigenvalue weighted by Crippen LogP contribution is -1.91. The molecule has 2 unspecified atom stereocenters. The highest BCUT2D eigenvalue weighted by Crippen LogP contribution is 2.64. The van der Waals surface area contributed by atoms with Crippen molar-refractivity contribution in [1.82, 2.24) is 0 Å². The van der Waals surface area contributed by atoms with Crippen molar-refractivity contribution in [2.24, 2.45) is 11.3 Å². The SMILES string of the molecule is CC1(C)C(CCl)C1c1ccc(F)c(Br)c1. The molecule has 0 spiro atoms. The first-order valence-corrected chi connectivity index (χ1v) is 6.32. The van der Waals surface area contributed by atoms with Crippen molar-refractivity contribution in [2.45, 2.75) is 19.8 Å². The second kappa shape index (κ2) is 3.74. The lowest BCUT2D eigenvalue weighted by atomic mass is 10.0. The van der Waals surface area contributed by atoms with E-state index in [1.54, 1.807) is 0 Å². The molecular formula is C12H13BrClF. The Hall–Kier alpha value is -0.0800. The Kier molecular flexibility index (Phi) is 2.85. The topological polar surface area (TPSA) is 0 Å². The summed E-state index contributed by atoms with van der Waals surface area (Å²) in [6.07, 6.45) is 0. The highest BCUT2D eigenvalue weighted by molar-refractivity contribution is 9.10. The molecule has 0 bridgehead atoms. The van der Waals surface area contributed by atoms with Gasteiger partial charge >= 0.3 is 0 Å². The van der Waals surface area contributed by atoms with E-state index in [9.17, 15) is 4.39 Å². The molecule has 1 aliphatic rings. The first kappa shape index (κ1) is 11.4. The Morgan fingerprint density at radius 3 is 2.60 bits per heavy atom. The van der Waals surface area contributed by atoms with E-state index in [4.69, 9.17) is 11.6 Å². The molecule has 1 aliphatic carbocycles. The van der Waals surface area contributed by atoms with Gasteiger partial charge in [0.15, 0.2) is 0 Å². The summed E-state index contributed by atoms with van der Waals surface area (Å²) in [4.78, 5) is 0. The maximum Gasteiger partial charge on any atom is 0.137 e. The van der Waals surface area contributed by atoms with Crippen LogP contribution in [0.3, 0.4) is 0 Å². The molecule has 1 fully saturated rings. The second-order valence-corrected chi connectivity index (χ2v) is 5.90. The van der Waals surface area contributed by atoms with E-state index < -0.39 is 0 Å². The third-order valence-electron chi connectivity index (χ3n) is 3.52. The van der Waals surface area contributed by atoms with Gasteiger partial charge in [0.1, 0.15) is 5.82 Å². The third-order valence-corrected chi connectivity index (χ3v) is 4.46. The average Bonchev–Trinajstić information content (AvgIpc) is 2.73. The molecule has 0 aliphatic heterocycles. The van der Waals surface area contributed by atoms with Crippen LogP contribution >= 0.6 is 27.5 Å². The van der Waals surface area contributed by atoms with Gasteiger partial charge in [-0.05, 0) is 50.9 Å². The van der Waals surface area contributed by atoms with Crippen molar-refractivity contribution in [3.63, 3.8) is 0 Å². The van der Waals surface area contributed by atoms with Crippen LogP contribution in [0.4, 0.5) is 4.39 Å². The molecule has 1 aromatic rings. The monoisotopic (exact) mass is 290 g/mol. The smallest absolute Gasteiger partial charge is 0.137 e. The molecule has 0 N–H and O–H groups in total. The molecule has 0 radical (unpaired) electrons. The Labute approximate surface area is 103 Å². The number of benzene rings is 1. The van der Waals surface area contributed by atoms with Crippen molar-refractivity contribution >= 4 is 27.5 Å². The van der Waals surface area contributed by atoms with E-state index in [1.165, 1.54) is 11.6 Å². The zero-order valence-electron chi connectivity index (χ0n) is 8.73. The second-order valence-electron chi connectivity index (χ2n) is 4.73. The number of rotatable bonds is 2. The number of alkyl halides is 1. The fourth-order valence-electron chi connectivity index (χ4n) is 2.40. The van der Waals surface area contributed by atoms with Gasteiger partial charge in [-0.1, -0.05) is 19.9 Å². The summed E-state index contributed by atoms with van der Waals surface area (Å²) in [5.41, 5.74) is 1.43. The maximum absolute atomic E-state index is 13.1. The van der Waals surface area contributed by atoms with Crippen molar-refractivity contribution < 1.29 is 4.39 Å². The van der Waals surface area contributed by atoms with E-state index in [0.29, 0.717) is 22.2 Å². The molecule has 0 aromatic heterocycles. The summed E-state index contributed by atoms with van der Waals surface area (Å²) in [6, 6.07) is 5.24. The van der Waals surface area contributed by atoms with Crippen LogP contribution in [0.5, 0.6) is 0 Å². The van der Waals surface area contributed by atoms with Crippen molar-refractivity contribution in [1.29, 1.82) is 0 Å². The van der Waals surface area contributed by atoms with Crippen LogP contribution in [-0.2, 0) is 0 Å². The molecule has 0 saturated heterocycles. The number of halogens is 3. The fraction of sp³-hybridized carbons (Fsp3) is 0.500. The number of hydrogen-bond acceptors (Lipinski definition) is 0. The molecule has 2 atom stereocenters. The van der Waals surface area contributed by atoms with Gasteiger partial charge in [-0.15, -0.1) is 11.6 Å². The minimum absolute atomic E-state index is 0.209. The predicted molar refractivity (Wildman–Crippen MR) is 64.8 cm³/mol. The minimum Gasteiger partial charge on any atom is -0.206 e. The van der Waals surface area contributed by atoms with Gasteiger partial charge in [0.05, 0.1) is 4.47 Å². The molecule has 3 heteroatoms.